The number of benzene rings is 2. The smallest absolute Gasteiger partial charge is 0.335 e. The molecule has 3 heterocycles. The molecule has 10 nitrogen and oxygen atoms in total. The number of pyridine rings is 2. The first-order valence-electron chi connectivity index (χ1n) is 11.9. The van der Waals surface area contributed by atoms with Crippen LogP contribution in [0.1, 0.15) is 38.3 Å². The maximum Gasteiger partial charge on any atom is 0.335 e. The van der Waals surface area contributed by atoms with Gasteiger partial charge < -0.3 is 20.1 Å². The van der Waals surface area contributed by atoms with Gasteiger partial charge in [0.05, 0.1) is 11.9 Å². The molecule has 0 aliphatic heterocycles. The minimum Gasteiger partial charge on any atom is -0.380 e. The zero-order valence-electron chi connectivity index (χ0n) is 21.0. The standard InChI is InChI=1S/C28H25N5O3.O2S/c1-18-12-19(5-7-22(18)17-33-11-3-2-4-26(33)34)13-23-15-21(9-10-30-23)28(35)31-16-20-6-8-24-25(14-20)36-32-27(24)29;1-3-2/h2-12,14-15H,13,16-17H2,1H3,(H2,29,32)(H,31,35);. The lowest BCUT2D eigenvalue weighted by atomic mass is 10.0. The van der Waals surface area contributed by atoms with E-state index in [1.54, 1.807) is 35.2 Å². The van der Waals surface area contributed by atoms with Crippen molar-refractivity contribution in [3.05, 3.63) is 123 Å². The third-order valence-electron chi connectivity index (χ3n) is 6.13. The molecule has 0 saturated carbocycles. The summed E-state index contributed by atoms with van der Waals surface area (Å²) in [5, 5.41) is 7.44. The number of carbonyl (C=O) groups excluding carboxylic acids is 1. The zero-order chi connectivity index (χ0) is 27.8. The first-order valence-corrected chi connectivity index (χ1v) is 12.6. The van der Waals surface area contributed by atoms with Crippen molar-refractivity contribution in [3.8, 4) is 0 Å². The van der Waals surface area contributed by atoms with E-state index in [0.29, 0.717) is 36.5 Å². The van der Waals surface area contributed by atoms with Crippen LogP contribution >= 0.6 is 0 Å². The summed E-state index contributed by atoms with van der Waals surface area (Å²) in [5.74, 6) is 0.164. The summed E-state index contributed by atoms with van der Waals surface area (Å²) >= 11 is -0.750. The Balaban J connectivity index is 0.00000112. The molecule has 0 aliphatic carbocycles. The van der Waals surface area contributed by atoms with Gasteiger partial charge >= 0.3 is 11.6 Å². The van der Waals surface area contributed by atoms with Crippen LogP contribution < -0.4 is 16.6 Å². The second kappa shape index (κ2) is 12.6. The van der Waals surface area contributed by atoms with Crippen molar-refractivity contribution in [2.45, 2.75) is 26.4 Å². The van der Waals surface area contributed by atoms with Crippen LogP contribution in [0.4, 0.5) is 5.82 Å². The largest absolute Gasteiger partial charge is 0.380 e. The fourth-order valence-electron chi connectivity index (χ4n) is 4.14. The van der Waals surface area contributed by atoms with Gasteiger partial charge in [0.25, 0.3) is 11.5 Å². The summed E-state index contributed by atoms with van der Waals surface area (Å²) < 4.78 is 23.5. The molecule has 0 bridgehead atoms. The molecule has 0 aliphatic rings. The Hall–Kier alpha value is -4.90. The number of hydrogen-bond acceptors (Lipinski definition) is 8. The lowest BCUT2D eigenvalue weighted by Gasteiger charge is -2.11. The highest BCUT2D eigenvalue weighted by Crippen LogP contribution is 2.21. The van der Waals surface area contributed by atoms with E-state index in [0.717, 1.165) is 33.3 Å². The van der Waals surface area contributed by atoms with Crippen molar-refractivity contribution in [1.82, 2.24) is 20.0 Å². The van der Waals surface area contributed by atoms with Crippen molar-refractivity contribution >= 4 is 34.3 Å². The first kappa shape index (κ1) is 27.1. The lowest BCUT2D eigenvalue weighted by molar-refractivity contribution is 0.0950. The van der Waals surface area contributed by atoms with Gasteiger partial charge in [-0.25, -0.2) is 0 Å². The third-order valence-corrected chi connectivity index (χ3v) is 6.13. The van der Waals surface area contributed by atoms with E-state index < -0.39 is 11.6 Å². The van der Waals surface area contributed by atoms with Gasteiger partial charge in [-0.2, -0.15) is 8.42 Å². The van der Waals surface area contributed by atoms with Crippen LogP contribution in [0.25, 0.3) is 11.0 Å². The van der Waals surface area contributed by atoms with Crippen molar-refractivity contribution in [2.24, 2.45) is 0 Å². The molecule has 198 valence electrons. The lowest BCUT2D eigenvalue weighted by Crippen LogP contribution is -2.23. The van der Waals surface area contributed by atoms with Crippen LogP contribution in [-0.2, 0) is 31.1 Å². The molecular weight excluding hydrogens is 518 g/mol. The zero-order valence-corrected chi connectivity index (χ0v) is 21.8. The number of hydrogen-bond donors (Lipinski definition) is 2. The molecule has 0 saturated heterocycles. The molecule has 5 aromatic rings. The SMILES string of the molecule is Cc1cc(Cc2cc(C(=O)NCc3ccc4c(N)noc4c3)ccn2)ccc1Cn1ccccc1=O.O=S=O. The number of rotatable bonds is 7. The monoisotopic (exact) mass is 543 g/mol. The van der Waals surface area contributed by atoms with Gasteiger partial charge in [-0.15, -0.1) is 0 Å². The average Bonchev–Trinajstić information content (AvgIpc) is 3.30. The maximum absolute atomic E-state index is 12.8. The number of fused-ring (bicyclic) bond motifs is 1. The van der Waals surface area contributed by atoms with Gasteiger partial charge in [0, 0.05) is 42.7 Å². The summed E-state index contributed by atoms with van der Waals surface area (Å²) in [6.45, 7) is 2.91. The van der Waals surface area contributed by atoms with Gasteiger partial charge in [0.2, 0.25) is 0 Å². The van der Waals surface area contributed by atoms with E-state index in [2.05, 4.69) is 21.5 Å². The summed E-state index contributed by atoms with van der Waals surface area (Å²) in [5.41, 5.74) is 11.8. The Morgan fingerprint density at radius 3 is 2.62 bits per heavy atom. The van der Waals surface area contributed by atoms with E-state index in [9.17, 15) is 9.59 Å². The number of nitrogens with one attached hydrogen (secondary N) is 1. The number of anilines is 1. The highest BCUT2D eigenvalue weighted by molar-refractivity contribution is 7.51. The Morgan fingerprint density at radius 2 is 1.85 bits per heavy atom. The number of nitrogens with two attached hydrogens (primary N) is 1. The van der Waals surface area contributed by atoms with Crippen molar-refractivity contribution in [3.63, 3.8) is 0 Å². The molecule has 0 fully saturated rings. The van der Waals surface area contributed by atoms with Crippen LogP contribution in [0.5, 0.6) is 0 Å². The van der Waals surface area contributed by atoms with Crippen LogP contribution in [0.3, 0.4) is 0 Å². The van der Waals surface area contributed by atoms with Gasteiger partial charge in [-0.3, -0.25) is 14.6 Å². The van der Waals surface area contributed by atoms with Gasteiger partial charge in [-0.1, -0.05) is 35.5 Å². The molecule has 5 rings (SSSR count). The van der Waals surface area contributed by atoms with Gasteiger partial charge in [0.1, 0.15) is 0 Å². The number of amides is 1. The fraction of sp³-hybridized carbons (Fsp3) is 0.143. The van der Waals surface area contributed by atoms with Crippen molar-refractivity contribution in [2.75, 3.05) is 5.73 Å². The number of carbonyl (C=O) groups is 1. The van der Waals surface area contributed by atoms with Gasteiger partial charge in [0.15, 0.2) is 11.4 Å². The Labute approximate surface area is 227 Å². The fourth-order valence-corrected chi connectivity index (χ4v) is 4.14. The summed E-state index contributed by atoms with van der Waals surface area (Å²) in [4.78, 5) is 29.2. The predicted octanol–water partition coefficient (Wildman–Crippen LogP) is 3.17. The third kappa shape index (κ3) is 6.90. The summed E-state index contributed by atoms with van der Waals surface area (Å²) in [6.07, 6.45) is 4.03. The van der Waals surface area contributed by atoms with E-state index in [4.69, 9.17) is 18.7 Å². The predicted molar refractivity (Wildman–Crippen MR) is 147 cm³/mol. The Kier molecular flexibility index (Phi) is 8.75. The molecule has 0 radical (unpaired) electrons. The van der Waals surface area contributed by atoms with E-state index in [1.165, 1.54) is 0 Å². The molecule has 2 aromatic carbocycles. The minimum atomic E-state index is -0.750. The van der Waals surface area contributed by atoms with E-state index >= 15 is 0 Å². The second-order valence-electron chi connectivity index (χ2n) is 8.79. The second-order valence-corrected chi connectivity index (χ2v) is 8.93. The van der Waals surface area contributed by atoms with Crippen molar-refractivity contribution < 1.29 is 17.7 Å². The molecular formula is C28H25N5O5S. The summed E-state index contributed by atoms with van der Waals surface area (Å²) in [6, 6.07) is 20.4. The number of nitrogen functional groups attached to an aromatic ring is 1. The molecule has 1 amide bonds. The quantitative estimate of drug-likeness (QED) is 0.318. The summed E-state index contributed by atoms with van der Waals surface area (Å²) in [7, 11) is 0. The highest BCUT2D eigenvalue weighted by Gasteiger charge is 2.10. The van der Waals surface area contributed by atoms with Crippen LogP contribution in [0, 0.1) is 6.92 Å². The number of nitrogens with zero attached hydrogens (tertiary/aromatic N) is 3. The molecule has 3 aromatic heterocycles. The minimum absolute atomic E-state index is 0.0245. The maximum atomic E-state index is 12.8. The molecule has 0 spiro atoms. The molecule has 11 heteroatoms. The molecule has 39 heavy (non-hydrogen) atoms. The Morgan fingerprint density at radius 1 is 1.05 bits per heavy atom. The molecule has 0 atom stereocenters. The number of aryl methyl sites for hydroxylation is 1. The molecule has 3 N–H and O–H groups in total. The first-order chi connectivity index (χ1) is 18.9. The van der Waals surface area contributed by atoms with Gasteiger partial charge in [-0.05, 0) is 59.5 Å². The van der Waals surface area contributed by atoms with Crippen LogP contribution in [-0.4, -0.2) is 29.0 Å². The Bertz CT molecular complexity index is 1720. The van der Waals surface area contributed by atoms with Crippen LogP contribution in [0.15, 0.2) is 88.4 Å². The average molecular weight is 544 g/mol. The van der Waals surface area contributed by atoms with Crippen LogP contribution in [0.2, 0.25) is 0 Å². The normalized spacial score (nSPS) is 10.5. The van der Waals surface area contributed by atoms with Crippen molar-refractivity contribution in [1.29, 1.82) is 0 Å². The number of aromatic nitrogens is 3. The highest BCUT2D eigenvalue weighted by atomic mass is 32.1. The van der Waals surface area contributed by atoms with E-state index in [1.807, 2.05) is 49.4 Å². The topological polar surface area (TPSA) is 150 Å². The molecule has 0 unspecified atom stereocenters. The van der Waals surface area contributed by atoms with E-state index in [-0.39, 0.29) is 11.5 Å².